The van der Waals surface area contributed by atoms with Gasteiger partial charge in [0.1, 0.15) is 0 Å². The van der Waals surface area contributed by atoms with Crippen LogP contribution in [-0.4, -0.2) is 22.9 Å². The lowest BCUT2D eigenvalue weighted by molar-refractivity contribution is 0.153. The predicted octanol–water partition coefficient (Wildman–Crippen LogP) is 0.200. The average molecular weight is 117 g/mol. The van der Waals surface area contributed by atoms with E-state index in [1.807, 2.05) is 6.92 Å². The van der Waals surface area contributed by atoms with Crippen LogP contribution in [0, 0.1) is 12.8 Å². The van der Waals surface area contributed by atoms with Gasteiger partial charge in [0.05, 0.1) is 6.10 Å². The van der Waals surface area contributed by atoms with Crippen molar-refractivity contribution >= 4 is 0 Å². The maximum atomic E-state index is 8.63. The third-order valence-corrected chi connectivity index (χ3v) is 0.986. The topological polar surface area (TPSA) is 40.5 Å². The van der Waals surface area contributed by atoms with Crippen LogP contribution in [0.25, 0.3) is 0 Å². The fourth-order valence-corrected chi connectivity index (χ4v) is 0.539. The van der Waals surface area contributed by atoms with Crippen LogP contribution >= 0.6 is 0 Å². The van der Waals surface area contributed by atoms with Gasteiger partial charge in [-0.15, -0.1) is 0 Å². The van der Waals surface area contributed by atoms with Crippen molar-refractivity contribution in [3.05, 3.63) is 6.92 Å². The van der Waals surface area contributed by atoms with E-state index in [-0.39, 0.29) is 12.5 Å². The van der Waals surface area contributed by atoms with E-state index >= 15 is 0 Å². The molecule has 0 spiro atoms. The molecule has 2 N–H and O–H groups in total. The summed E-state index contributed by atoms with van der Waals surface area (Å²) in [6, 6.07) is 0. The van der Waals surface area contributed by atoms with Gasteiger partial charge < -0.3 is 10.2 Å². The van der Waals surface area contributed by atoms with E-state index in [4.69, 9.17) is 10.2 Å². The molecule has 2 atom stereocenters. The minimum absolute atomic E-state index is 0.132. The Morgan fingerprint density at radius 1 is 1.62 bits per heavy atom. The van der Waals surface area contributed by atoms with Gasteiger partial charge in [-0.2, -0.15) is 0 Å². The molecule has 0 bridgehead atoms. The quantitative estimate of drug-likeness (QED) is 0.554. The van der Waals surface area contributed by atoms with Crippen molar-refractivity contribution in [2.24, 2.45) is 5.92 Å². The first-order valence-electron chi connectivity index (χ1n) is 2.78. The molecule has 0 aromatic rings. The molecule has 0 saturated carbocycles. The molecule has 2 unspecified atom stereocenters. The Morgan fingerprint density at radius 3 is 2.25 bits per heavy atom. The summed E-state index contributed by atoms with van der Waals surface area (Å²) in [6.45, 7) is 5.37. The van der Waals surface area contributed by atoms with E-state index in [0.717, 1.165) is 0 Å². The van der Waals surface area contributed by atoms with Crippen molar-refractivity contribution in [3.63, 3.8) is 0 Å². The summed E-state index contributed by atoms with van der Waals surface area (Å²) in [5, 5.41) is 17.1. The Kier molecular flexibility index (Phi) is 3.83. The molecule has 8 heavy (non-hydrogen) atoms. The van der Waals surface area contributed by atoms with Crippen LogP contribution in [0.5, 0.6) is 0 Å². The largest absolute Gasteiger partial charge is 0.396 e. The summed E-state index contributed by atoms with van der Waals surface area (Å²) in [5.41, 5.74) is 0. The number of aliphatic hydroxyl groups excluding tert-OH is 2. The molecule has 49 valence electrons. The highest BCUT2D eigenvalue weighted by molar-refractivity contribution is 4.60. The van der Waals surface area contributed by atoms with E-state index in [1.165, 1.54) is 0 Å². The molecule has 0 rings (SSSR count). The van der Waals surface area contributed by atoms with E-state index in [0.29, 0.717) is 6.42 Å². The van der Waals surface area contributed by atoms with Crippen LogP contribution in [0.15, 0.2) is 0 Å². The predicted molar refractivity (Wildman–Crippen MR) is 32.2 cm³/mol. The van der Waals surface area contributed by atoms with Gasteiger partial charge in [0, 0.05) is 6.61 Å². The van der Waals surface area contributed by atoms with Crippen LogP contribution in [0.2, 0.25) is 0 Å². The molecule has 0 aromatic heterocycles. The summed E-state index contributed by atoms with van der Waals surface area (Å²) in [4.78, 5) is 0. The maximum Gasteiger partial charge on any atom is 0.0544 e. The minimum atomic E-state index is -0.530. The van der Waals surface area contributed by atoms with Gasteiger partial charge in [-0.05, 0) is 19.3 Å². The van der Waals surface area contributed by atoms with Crippen molar-refractivity contribution in [1.29, 1.82) is 0 Å². The van der Waals surface area contributed by atoms with Gasteiger partial charge >= 0.3 is 0 Å². The molecule has 0 heterocycles. The summed E-state index contributed by atoms with van der Waals surface area (Å²) in [6.07, 6.45) is 0.0494. The van der Waals surface area contributed by atoms with Crippen molar-refractivity contribution in [2.75, 3.05) is 6.61 Å². The molecular weight excluding hydrogens is 104 g/mol. The highest BCUT2D eigenvalue weighted by Crippen LogP contribution is 2.02. The Hall–Kier alpha value is -0.0800. The van der Waals surface area contributed by atoms with Gasteiger partial charge in [0.2, 0.25) is 0 Å². The Morgan fingerprint density at radius 2 is 2.12 bits per heavy atom. The summed E-state index contributed by atoms with van der Waals surface area (Å²) in [7, 11) is 0. The number of aliphatic hydroxyl groups is 2. The first-order chi connectivity index (χ1) is 3.66. The fourth-order valence-electron chi connectivity index (χ4n) is 0.539. The maximum absolute atomic E-state index is 8.63. The van der Waals surface area contributed by atoms with Gasteiger partial charge in [-0.3, -0.25) is 0 Å². The number of rotatable bonds is 3. The second kappa shape index (κ2) is 3.87. The Balaban J connectivity index is 3.10. The highest BCUT2D eigenvalue weighted by atomic mass is 16.3. The molecule has 1 radical (unpaired) electrons. The van der Waals surface area contributed by atoms with Gasteiger partial charge in [0.25, 0.3) is 0 Å². The molecule has 2 nitrogen and oxygen atoms in total. The van der Waals surface area contributed by atoms with Crippen LogP contribution in [-0.2, 0) is 0 Å². The van der Waals surface area contributed by atoms with E-state index in [2.05, 4.69) is 6.92 Å². The van der Waals surface area contributed by atoms with Gasteiger partial charge in [0.15, 0.2) is 0 Å². The lowest BCUT2D eigenvalue weighted by Gasteiger charge is -2.08. The summed E-state index contributed by atoms with van der Waals surface area (Å²) in [5.74, 6) is 0.169. The number of hydrogen-bond donors (Lipinski definition) is 2. The number of hydrogen-bond acceptors (Lipinski definition) is 2. The average Bonchev–Trinajstić information content (AvgIpc) is 1.65. The third kappa shape index (κ3) is 4.09. The molecule has 0 aliphatic heterocycles. The standard InChI is InChI=1S/C6H13O2/c1-5(4-7)3-6(2)8/h5-8H,2-4H2,1H3. The second-order valence-electron chi connectivity index (χ2n) is 2.18. The molecule has 2 heteroatoms. The summed E-state index contributed by atoms with van der Waals surface area (Å²) < 4.78 is 0. The first kappa shape index (κ1) is 7.92. The van der Waals surface area contributed by atoms with Gasteiger partial charge in [-0.1, -0.05) is 6.92 Å². The third-order valence-electron chi connectivity index (χ3n) is 0.986. The second-order valence-corrected chi connectivity index (χ2v) is 2.18. The smallest absolute Gasteiger partial charge is 0.0544 e. The molecular formula is C6H13O2. The van der Waals surface area contributed by atoms with Crippen LogP contribution in [0.4, 0.5) is 0 Å². The SMILES string of the molecule is [CH2]C(O)CC(C)CO. The molecule has 0 aliphatic rings. The van der Waals surface area contributed by atoms with Crippen LogP contribution in [0.1, 0.15) is 13.3 Å². The zero-order valence-corrected chi connectivity index (χ0v) is 5.17. The molecule has 0 aliphatic carbocycles. The monoisotopic (exact) mass is 117 g/mol. The molecule has 0 fully saturated rings. The van der Waals surface area contributed by atoms with E-state index in [1.54, 1.807) is 0 Å². The molecule has 0 saturated heterocycles. The first-order valence-corrected chi connectivity index (χ1v) is 2.78. The zero-order valence-electron chi connectivity index (χ0n) is 5.17. The summed E-state index contributed by atoms with van der Waals surface area (Å²) >= 11 is 0. The Bertz CT molecular complexity index is 52.5. The highest BCUT2D eigenvalue weighted by Gasteiger charge is 2.02. The van der Waals surface area contributed by atoms with E-state index < -0.39 is 6.10 Å². The normalized spacial score (nSPS) is 18.0. The molecule has 0 amide bonds. The van der Waals surface area contributed by atoms with Crippen molar-refractivity contribution < 1.29 is 10.2 Å². The van der Waals surface area contributed by atoms with Crippen molar-refractivity contribution in [2.45, 2.75) is 19.4 Å². The molecule has 0 aromatic carbocycles. The minimum Gasteiger partial charge on any atom is -0.396 e. The van der Waals surface area contributed by atoms with Gasteiger partial charge in [-0.25, -0.2) is 0 Å². The lowest BCUT2D eigenvalue weighted by Crippen LogP contribution is -2.10. The lowest BCUT2D eigenvalue weighted by atomic mass is 10.1. The zero-order chi connectivity index (χ0) is 6.57. The fraction of sp³-hybridized carbons (Fsp3) is 0.833. The van der Waals surface area contributed by atoms with Crippen LogP contribution < -0.4 is 0 Å². The Labute approximate surface area is 50.2 Å². The van der Waals surface area contributed by atoms with Crippen molar-refractivity contribution in [3.8, 4) is 0 Å². The van der Waals surface area contributed by atoms with E-state index in [9.17, 15) is 0 Å². The van der Waals surface area contributed by atoms with Crippen LogP contribution in [0.3, 0.4) is 0 Å². The van der Waals surface area contributed by atoms with Crippen molar-refractivity contribution in [1.82, 2.24) is 0 Å².